The Balaban J connectivity index is 0.00000200. The summed E-state index contributed by atoms with van der Waals surface area (Å²) in [6.07, 6.45) is 2.62. The summed E-state index contributed by atoms with van der Waals surface area (Å²) in [4.78, 5) is 9.32. The lowest BCUT2D eigenvalue weighted by atomic mass is 9.65. The molecule has 0 radical (unpaired) electrons. The van der Waals surface area contributed by atoms with Gasteiger partial charge in [-0.05, 0) is 40.3 Å². The van der Waals surface area contributed by atoms with Crippen molar-refractivity contribution in [1.29, 1.82) is 0 Å². The van der Waals surface area contributed by atoms with Crippen LogP contribution in [0.3, 0.4) is 0 Å². The summed E-state index contributed by atoms with van der Waals surface area (Å²) < 4.78 is 0. The molecule has 118 valence electrons. The molecule has 2 heterocycles. The van der Waals surface area contributed by atoms with Crippen molar-refractivity contribution in [3.63, 3.8) is 0 Å². The van der Waals surface area contributed by atoms with E-state index in [4.69, 9.17) is 0 Å². The molecule has 0 aliphatic carbocycles. The molecule has 0 aromatic rings. The first-order chi connectivity index (χ1) is 8.79. The van der Waals surface area contributed by atoms with Crippen LogP contribution in [-0.4, -0.2) is 61.1 Å². The lowest BCUT2D eigenvalue weighted by Crippen LogP contribution is -2.72. The van der Waals surface area contributed by atoms with Crippen LogP contribution in [0.15, 0.2) is 4.99 Å². The van der Waals surface area contributed by atoms with Gasteiger partial charge in [-0.2, -0.15) is 0 Å². The lowest BCUT2D eigenvalue weighted by Gasteiger charge is -2.62. The Hall–Kier alpha value is -0.0400. The van der Waals surface area contributed by atoms with Crippen LogP contribution >= 0.6 is 24.0 Å². The number of hydrogen-bond donors (Lipinski definition) is 1. The highest BCUT2D eigenvalue weighted by molar-refractivity contribution is 14.0. The van der Waals surface area contributed by atoms with Gasteiger partial charge in [0.1, 0.15) is 0 Å². The molecule has 2 aliphatic rings. The normalized spacial score (nSPS) is 28.8. The summed E-state index contributed by atoms with van der Waals surface area (Å²) >= 11 is 0. The molecule has 1 atom stereocenters. The highest BCUT2D eigenvalue weighted by atomic mass is 127. The number of halogens is 1. The fourth-order valence-electron chi connectivity index (χ4n) is 3.14. The summed E-state index contributed by atoms with van der Waals surface area (Å²) in [7, 11) is 4.11. The molecule has 0 aromatic heterocycles. The molecule has 20 heavy (non-hydrogen) atoms. The molecule has 0 spiro atoms. The van der Waals surface area contributed by atoms with E-state index >= 15 is 0 Å². The maximum absolute atomic E-state index is 4.47. The van der Waals surface area contributed by atoms with Gasteiger partial charge >= 0.3 is 0 Å². The molecule has 2 aliphatic heterocycles. The van der Waals surface area contributed by atoms with E-state index in [9.17, 15) is 0 Å². The summed E-state index contributed by atoms with van der Waals surface area (Å²) in [5.74, 6) is 1.06. The molecule has 2 fully saturated rings. The highest BCUT2D eigenvalue weighted by Gasteiger charge is 2.53. The number of likely N-dealkylation sites (tertiary alicyclic amines) is 2. The number of guanidine groups is 1. The Morgan fingerprint density at radius 2 is 1.95 bits per heavy atom. The van der Waals surface area contributed by atoms with Crippen molar-refractivity contribution in [2.24, 2.45) is 10.4 Å². The summed E-state index contributed by atoms with van der Waals surface area (Å²) in [5, 5.41) is 3.57. The molecule has 2 saturated heterocycles. The number of rotatable bonds is 2. The maximum Gasteiger partial charge on any atom is 0.194 e. The molecular weight excluding hydrogens is 363 g/mol. The average molecular weight is 394 g/mol. The lowest BCUT2D eigenvalue weighted by molar-refractivity contribution is -0.0668. The summed E-state index contributed by atoms with van der Waals surface area (Å²) in [6.45, 7) is 12.6. The van der Waals surface area contributed by atoms with Gasteiger partial charge in [0.05, 0.1) is 0 Å². The van der Waals surface area contributed by atoms with E-state index in [-0.39, 0.29) is 29.5 Å². The van der Waals surface area contributed by atoms with Gasteiger partial charge in [-0.15, -0.1) is 24.0 Å². The molecule has 4 nitrogen and oxygen atoms in total. The Bertz CT molecular complexity index is 365. The first-order valence-corrected chi connectivity index (χ1v) is 7.48. The van der Waals surface area contributed by atoms with Crippen LogP contribution in [0.1, 0.15) is 40.5 Å². The van der Waals surface area contributed by atoms with E-state index in [1.807, 2.05) is 7.05 Å². The first kappa shape index (κ1) is 18.0. The van der Waals surface area contributed by atoms with Crippen molar-refractivity contribution in [3.8, 4) is 0 Å². The third kappa shape index (κ3) is 3.08. The smallest absolute Gasteiger partial charge is 0.194 e. The number of hydrogen-bond acceptors (Lipinski definition) is 2. The zero-order valence-electron chi connectivity index (χ0n) is 13.9. The van der Waals surface area contributed by atoms with Gasteiger partial charge in [-0.1, -0.05) is 13.8 Å². The van der Waals surface area contributed by atoms with Gasteiger partial charge in [-0.3, -0.25) is 4.99 Å². The van der Waals surface area contributed by atoms with Gasteiger partial charge in [0.15, 0.2) is 5.96 Å². The third-order valence-corrected chi connectivity index (χ3v) is 5.52. The molecular formula is C15H31IN4. The van der Waals surface area contributed by atoms with Gasteiger partial charge in [0.25, 0.3) is 0 Å². The minimum absolute atomic E-state index is 0. The molecule has 0 saturated carbocycles. The highest BCUT2D eigenvalue weighted by Crippen LogP contribution is 2.46. The van der Waals surface area contributed by atoms with Crippen LogP contribution in [0, 0.1) is 5.41 Å². The van der Waals surface area contributed by atoms with Crippen molar-refractivity contribution < 1.29 is 0 Å². The van der Waals surface area contributed by atoms with Crippen molar-refractivity contribution in [3.05, 3.63) is 0 Å². The summed E-state index contributed by atoms with van der Waals surface area (Å²) in [6, 6.07) is 0.661. The Kier molecular flexibility index (Phi) is 5.75. The third-order valence-electron chi connectivity index (χ3n) is 5.52. The van der Waals surface area contributed by atoms with Crippen LogP contribution in [0.2, 0.25) is 0 Å². The largest absolute Gasteiger partial charge is 0.355 e. The molecule has 0 bridgehead atoms. The van der Waals surface area contributed by atoms with E-state index in [2.05, 4.69) is 54.9 Å². The van der Waals surface area contributed by atoms with Crippen LogP contribution < -0.4 is 5.32 Å². The monoisotopic (exact) mass is 394 g/mol. The fraction of sp³-hybridized carbons (Fsp3) is 0.933. The summed E-state index contributed by atoms with van der Waals surface area (Å²) in [5.41, 5.74) is 0.533. The molecule has 5 heteroatoms. The molecule has 2 rings (SSSR count). The molecule has 0 aromatic carbocycles. The van der Waals surface area contributed by atoms with Crippen molar-refractivity contribution in [2.75, 3.05) is 33.7 Å². The van der Waals surface area contributed by atoms with Crippen LogP contribution in [0.5, 0.6) is 0 Å². The molecule has 1 N–H and O–H groups in total. The van der Waals surface area contributed by atoms with E-state index in [1.165, 1.54) is 19.4 Å². The van der Waals surface area contributed by atoms with Crippen LogP contribution in [-0.2, 0) is 0 Å². The quantitative estimate of drug-likeness (QED) is 0.443. The van der Waals surface area contributed by atoms with Gasteiger partial charge in [0, 0.05) is 37.1 Å². The second-order valence-electron chi connectivity index (χ2n) is 7.23. The standard InChI is InChI=1S/C15H30N4.HI/c1-14(2)11-19(15(14,3)4)13(16-5)17-10-12-8-7-9-18(12)6;/h12H,7-11H2,1-6H3,(H,16,17);1H. The second-order valence-corrected chi connectivity index (χ2v) is 7.23. The zero-order valence-corrected chi connectivity index (χ0v) is 16.2. The minimum atomic E-state index is 0. The number of nitrogens with zero attached hydrogens (tertiary/aromatic N) is 3. The molecule has 0 amide bonds. The van der Waals surface area contributed by atoms with E-state index in [0.29, 0.717) is 11.5 Å². The fourth-order valence-corrected chi connectivity index (χ4v) is 3.14. The Morgan fingerprint density at radius 3 is 2.35 bits per heavy atom. The SMILES string of the molecule is CN=C(NCC1CCCN1C)N1CC(C)(C)C1(C)C.I. The van der Waals surface area contributed by atoms with Crippen LogP contribution in [0.4, 0.5) is 0 Å². The average Bonchev–Trinajstić information content (AvgIpc) is 2.74. The minimum Gasteiger partial charge on any atom is -0.355 e. The van der Waals surface area contributed by atoms with E-state index < -0.39 is 0 Å². The van der Waals surface area contributed by atoms with Crippen molar-refractivity contribution >= 4 is 29.9 Å². The number of nitrogens with one attached hydrogen (secondary N) is 1. The van der Waals surface area contributed by atoms with Crippen molar-refractivity contribution in [2.45, 2.75) is 52.1 Å². The van der Waals surface area contributed by atoms with Crippen molar-refractivity contribution in [1.82, 2.24) is 15.1 Å². The first-order valence-electron chi connectivity index (χ1n) is 7.48. The molecule has 1 unspecified atom stereocenters. The predicted molar refractivity (Wildman–Crippen MR) is 97.0 cm³/mol. The number of aliphatic imine (C=N–C) groups is 1. The van der Waals surface area contributed by atoms with E-state index in [1.54, 1.807) is 0 Å². The second kappa shape index (κ2) is 6.38. The van der Waals surface area contributed by atoms with Crippen LogP contribution in [0.25, 0.3) is 0 Å². The zero-order chi connectivity index (χ0) is 14.3. The topological polar surface area (TPSA) is 30.9 Å². The number of likely N-dealkylation sites (N-methyl/N-ethyl adjacent to an activating group) is 1. The van der Waals surface area contributed by atoms with Gasteiger partial charge < -0.3 is 15.1 Å². The van der Waals surface area contributed by atoms with E-state index in [0.717, 1.165) is 19.0 Å². The van der Waals surface area contributed by atoms with Gasteiger partial charge in [0.2, 0.25) is 0 Å². The Morgan fingerprint density at radius 1 is 1.30 bits per heavy atom. The predicted octanol–water partition coefficient (Wildman–Crippen LogP) is 2.39. The maximum atomic E-state index is 4.47. The van der Waals surface area contributed by atoms with Gasteiger partial charge in [-0.25, -0.2) is 0 Å². The Labute approximate surface area is 141 Å².